The molecule has 0 aliphatic heterocycles. The molecule has 0 aliphatic carbocycles. The highest BCUT2D eigenvalue weighted by atomic mass is 15.3. The third-order valence-electron chi connectivity index (χ3n) is 7.62. The third kappa shape index (κ3) is 3.58. The minimum atomic E-state index is 0.0591. The van der Waals surface area contributed by atoms with Gasteiger partial charge in [-0.25, -0.2) is 4.98 Å². The molecule has 1 atom stereocenters. The second kappa shape index (κ2) is 7.17. The number of rotatable bonds is 7. The summed E-state index contributed by atoms with van der Waals surface area (Å²) in [5.74, 6) is 0. The van der Waals surface area contributed by atoms with Crippen LogP contribution in [0.4, 0.5) is 0 Å². The summed E-state index contributed by atoms with van der Waals surface area (Å²) >= 11 is 0. The molecule has 3 heteroatoms. The lowest BCUT2D eigenvalue weighted by molar-refractivity contribution is -0.0780. The smallest absolute Gasteiger partial charge is 0.137 e. The maximum Gasteiger partial charge on any atom is 0.137 e. The van der Waals surface area contributed by atoms with E-state index in [4.69, 9.17) is 0 Å². The molecule has 1 unspecified atom stereocenters. The minimum Gasteiger partial charge on any atom is -0.253 e. The van der Waals surface area contributed by atoms with Crippen molar-refractivity contribution in [3.8, 4) is 0 Å². The number of nitrogens with zero attached hydrogens (tertiary/aromatic N) is 3. The van der Waals surface area contributed by atoms with Crippen LogP contribution in [-0.4, -0.2) is 14.8 Å². The zero-order valence-corrected chi connectivity index (χ0v) is 18.0. The standard InChI is InChI=1S/C23H37N3/c1-20(2,3)23(8,15-12-16-26-18-24-17-25-26)22(6,7)21(4,5)19-13-10-9-11-14-19/h9-11,13-14,17-18H,12,15-16H2,1-8H3. The van der Waals surface area contributed by atoms with Gasteiger partial charge in [-0.15, -0.1) is 0 Å². The van der Waals surface area contributed by atoms with Gasteiger partial charge in [0.1, 0.15) is 12.7 Å². The van der Waals surface area contributed by atoms with Gasteiger partial charge in [-0.3, -0.25) is 4.68 Å². The molecule has 2 aromatic rings. The fourth-order valence-corrected chi connectivity index (χ4v) is 4.47. The largest absolute Gasteiger partial charge is 0.253 e. The van der Waals surface area contributed by atoms with Crippen LogP contribution in [0.5, 0.6) is 0 Å². The molecular formula is C23H37N3. The average Bonchev–Trinajstić information content (AvgIpc) is 3.07. The Morgan fingerprint density at radius 2 is 1.50 bits per heavy atom. The van der Waals surface area contributed by atoms with E-state index in [2.05, 4.69) is 95.8 Å². The molecule has 0 spiro atoms. The van der Waals surface area contributed by atoms with Gasteiger partial charge >= 0.3 is 0 Å². The summed E-state index contributed by atoms with van der Waals surface area (Å²) in [5.41, 5.74) is 1.91. The number of hydrogen-bond donors (Lipinski definition) is 0. The first-order chi connectivity index (χ1) is 11.9. The summed E-state index contributed by atoms with van der Waals surface area (Å²) in [6, 6.07) is 11.0. The van der Waals surface area contributed by atoms with Gasteiger partial charge in [-0.1, -0.05) is 85.7 Å². The molecule has 0 aliphatic rings. The van der Waals surface area contributed by atoms with Gasteiger partial charge in [-0.05, 0) is 40.1 Å². The first kappa shape index (κ1) is 20.7. The Labute approximate surface area is 160 Å². The second-order valence-corrected chi connectivity index (χ2v) is 9.96. The monoisotopic (exact) mass is 355 g/mol. The summed E-state index contributed by atoms with van der Waals surface area (Å²) in [6.07, 6.45) is 5.68. The lowest BCUT2D eigenvalue weighted by Crippen LogP contribution is -2.54. The molecule has 1 aromatic carbocycles. The number of benzene rings is 1. The van der Waals surface area contributed by atoms with Crippen molar-refractivity contribution in [1.29, 1.82) is 0 Å². The van der Waals surface area contributed by atoms with Gasteiger partial charge in [0.05, 0.1) is 0 Å². The van der Waals surface area contributed by atoms with Gasteiger partial charge in [0, 0.05) is 6.54 Å². The Morgan fingerprint density at radius 1 is 0.885 bits per heavy atom. The fraction of sp³-hybridized carbons (Fsp3) is 0.652. The Bertz CT molecular complexity index is 678. The van der Waals surface area contributed by atoms with Crippen LogP contribution in [0.15, 0.2) is 43.0 Å². The van der Waals surface area contributed by atoms with Crippen molar-refractivity contribution in [3.63, 3.8) is 0 Å². The molecule has 2 rings (SSSR count). The van der Waals surface area contributed by atoms with Crippen molar-refractivity contribution in [1.82, 2.24) is 14.8 Å². The molecule has 0 saturated heterocycles. The SMILES string of the molecule is CC(C)(C)C(C)(CCCn1cncn1)C(C)(C)C(C)(C)c1ccccc1. The van der Waals surface area contributed by atoms with Gasteiger partial charge < -0.3 is 0 Å². The number of aromatic nitrogens is 3. The van der Waals surface area contributed by atoms with Gasteiger partial charge in [-0.2, -0.15) is 5.10 Å². The van der Waals surface area contributed by atoms with Crippen LogP contribution < -0.4 is 0 Å². The quantitative estimate of drug-likeness (QED) is 0.599. The van der Waals surface area contributed by atoms with Crippen LogP contribution in [-0.2, 0) is 12.0 Å². The Morgan fingerprint density at radius 3 is 2.00 bits per heavy atom. The maximum atomic E-state index is 4.26. The second-order valence-electron chi connectivity index (χ2n) is 9.96. The van der Waals surface area contributed by atoms with Gasteiger partial charge in [0.25, 0.3) is 0 Å². The van der Waals surface area contributed by atoms with Crippen LogP contribution >= 0.6 is 0 Å². The Kier molecular flexibility index (Phi) is 5.70. The Hall–Kier alpha value is -1.64. The number of hydrogen-bond acceptors (Lipinski definition) is 2. The van der Waals surface area contributed by atoms with Crippen molar-refractivity contribution in [2.45, 2.75) is 80.2 Å². The molecule has 26 heavy (non-hydrogen) atoms. The fourth-order valence-electron chi connectivity index (χ4n) is 4.47. The average molecular weight is 356 g/mol. The minimum absolute atomic E-state index is 0.0591. The molecule has 0 saturated carbocycles. The van der Waals surface area contributed by atoms with E-state index < -0.39 is 0 Å². The summed E-state index contributed by atoms with van der Waals surface area (Å²) in [7, 11) is 0. The predicted octanol–water partition coefficient (Wildman–Crippen LogP) is 6.11. The van der Waals surface area contributed by atoms with Crippen LogP contribution in [0, 0.1) is 16.2 Å². The van der Waals surface area contributed by atoms with Crippen molar-refractivity contribution in [2.24, 2.45) is 16.2 Å². The van der Waals surface area contributed by atoms with E-state index in [1.54, 1.807) is 6.33 Å². The predicted molar refractivity (Wildman–Crippen MR) is 110 cm³/mol. The van der Waals surface area contributed by atoms with E-state index in [9.17, 15) is 0 Å². The molecule has 0 radical (unpaired) electrons. The highest BCUT2D eigenvalue weighted by Crippen LogP contribution is 2.61. The molecule has 0 N–H and O–H groups in total. The van der Waals surface area contributed by atoms with Crippen LogP contribution in [0.25, 0.3) is 0 Å². The van der Waals surface area contributed by atoms with Gasteiger partial charge in [0.2, 0.25) is 0 Å². The van der Waals surface area contributed by atoms with E-state index in [-0.39, 0.29) is 21.7 Å². The van der Waals surface area contributed by atoms with Crippen molar-refractivity contribution in [3.05, 3.63) is 48.5 Å². The zero-order valence-electron chi connectivity index (χ0n) is 18.0. The van der Waals surface area contributed by atoms with Crippen LogP contribution in [0.3, 0.4) is 0 Å². The first-order valence-corrected chi connectivity index (χ1v) is 9.81. The molecule has 3 nitrogen and oxygen atoms in total. The van der Waals surface area contributed by atoms with E-state index in [0.29, 0.717) is 0 Å². The Balaban J connectivity index is 2.34. The first-order valence-electron chi connectivity index (χ1n) is 9.81. The van der Waals surface area contributed by atoms with Crippen molar-refractivity contribution in [2.75, 3.05) is 0 Å². The molecule has 1 aromatic heterocycles. The van der Waals surface area contributed by atoms with Crippen LogP contribution in [0.1, 0.15) is 73.8 Å². The maximum absolute atomic E-state index is 4.26. The lowest BCUT2D eigenvalue weighted by Gasteiger charge is -2.60. The summed E-state index contributed by atoms with van der Waals surface area (Å²) in [4.78, 5) is 4.07. The summed E-state index contributed by atoms with van der Waals surface area (Å²) in [5, 5.41) is 4.26. The molecule has 0 fully saturated rings. The highest BCUT2D eigenvalue weighted by molar-refractivity contribution is 5.28. The molecular weight excluding hydrogens is 318 g/mol. The molecule has 0 amide bonds. The summed E-state index contributed by atoms with van der Waals surface area (Å²) < 4.78 is 1.94. The normalized spacial score (nSPS) is 15.7. The third-order valence-corrected chi connectivity index (χ3v) is 7.62. The topological polar surface area (TPSA) is 30.7 Å². The van der Waals surface area contributed by atoms with Gasteiger partial charge in [0.15, 0.2) is 0 Å². The van der Waals surface area contributed by atoms with Crippen molar-refractivity contribution >= 4 is 0 Å². The highest BCUT2D eigenvalue weighted by Gasteiger charge is 2.55. The molecule has 1 heterocycles. The van der Waals surface area contributed by atoms with E-state index >= 15 is 0 Å². The van der Waals surface area contributed by atoms with Crippen molar-refractivity contribution < 1.29 is 0 Å². The lowest BCUT2D eigenvalue weighted by atomic mass is 9.44. The van der Waals surface area contributed by atoms with E-state index in [0.717, 1.165) is 19.4 Å². The van der Waals surface area contributed by atoms with E-state index in [1.165, 1.54) is 5.56 Å². The van der Waals surface area contributed by atoms with Crippen LogP contribution in [0.2, 0.25) is 0 Å². The summed E-state index contributed by atoms with van der Waals surface area (Å²) in [6.45, 7) is 20.3. The number of aryl methyl sites for hydroxylation is 1. The zero-order chi connectivity index (χ0) is 19.6. The van der Waals surface area contributed by atoms with E-state index in [1.807, 2.05) is 11.0 Å². The molecule has 0 bridgehead atoms. The molecule has 144 valence electrons.